The average molecular weight is 311 g/mol. The lowest BCUT2D eigenvalue weighted by molar-refractivity contribution is 0.195. The van der Waals surface area contributed by atoms with Crippen LogP contribution in [0.15, 0.2) is 0 Å². The summed E-state index contributed by atoms with van der Waals surface area (Å²) in [6, 6.07) is 0. The van der Waals surface area contributed by atoms with Crippen LogP contribution in [0.3, 0.4) is 0 Å². The Bertz CT molecular complexity index is 333. The molecular weight excluding hydrogens is 282 g/mol. The molecule has 4 heterocycles. The molecule has 4 saturated heterocycles. The molecule has 3 unspecified atom stereocenters. The van der Waals surface area contributed by atoms with Crippen LogP contribution in [-0.4, -0.2) is 112 Å². The zero-order chi connectivity index (χ0) is 14.8. The summed E-state index contributed by atoms with van der Waals surface area (Å²) in [6.45, 7) is 13.3. The lowest BCUT2D eigenvalue weighted by Crippen LogP contribution is -2.39. The molecule has 0 spiro atoms. The topological polar surface area (TPSA) is 47.3 Å². The molecule has 4 rings (SSSR count). The molecule has 0 aromatic carbocycles. The fourth-order valence-electron chi connectivity index (χ4n) is 3.26. The maximum Gasteiger partial charge on any atom is 0.0936 e. The Kier molecular flexibility index (Phi) is 4.95. The highest BCUT2D eigenvalue weighted by molar-refractivity contribution is 4.81. The molecule has 0 amide bonds. The third kappa shape index (κ3) is 5.15. The minimum Gasteiger partial charge on any atom is -0.373 e. The van der Waals surface area contributed by atoms with E-state index in [1.165, 1.54) is 39.1 Å². The van der Waals surface area contributed by atoms with Crippen molar-refractivity contribution in [1.82, 2.24) is 14.7 Å². The average Bonchev–Trinajstić information content (AvgIpc) is 3.34. The van der Waals surface area contributed by atoms with Crippen molar-refractivity contribution in [2.45, 2.75) is 24.7 Å². The second kappa shape index (κ2) is 7.11. The van der Waals surface area contributed by atoms with Gasteiger partial charge >= 0.3 is 0 Å². The predicted octanol–water partition coefficient (Wildman–Crippen LogP) is -0.507. The van der Waals surface area contributed by atoms with Crippen molar-refractivity contribution < 1.29 is 14.2 Å². The van der Waals surface area contributed by atoms with Crippen LogP contribution >= 0.6 is 0 Å². The maximum atomic E-state index is 5.42. The van der Waals surface area contributed by atoms with Gasteiger partial charge in [-0.2, -0.15) is 0 Å². The van der Waals surface area contributed by atoms with Gasteiger partial charge < -0.3 is 19.1 Å². The Labute approximate surface area is 133 Å². The Morgan fingerprint density at radius 3 is 1.41 bits per heavy atom. The summed E-state index contributed by atoms with van der Waals surface area (Å²) in [5.74, 6) is 0. The van der Waals surface area contributed by atoms with Crippen LogP contribution in [0.25, 0.3) is 0 Å². The molecule has 0 bridgehead atoms. The van der Waals surface area contributed by atoms with Gasteiger partial charge in [0.05, 0.1) is 38.1 Å². The first-order chi connectivity index (χ1) is 10.8. The van der Waals surface area contributed by atoms with Crippen molar-refractivity contribution in [1.29, 1.82) is 0 Å². The second-order valence-corrected chi connectivity index (χ2v) is 7.10. The van der Waals surface area contributed by atoms with Gasteiger partial charge in [0.15, 0.2) is 0 Å². The maximum absolute atomic E-state index is 5.42. The lowest BCUT2D eigenvalue weighted by Gasteiger charge is -2.25. The first kappa shape index (κ1) is 15.3. The zero-order valence-electron chi connectivity index (χ0n) is 13.5. The summed E-state index contributed by atoms with van der Waals surface area (Å²) >= 11 is 0. The minimum absolute atomic E-state index is 0.495. The molecule has 4 aliphatic rings. The predicted molar refractivity (Wildman–Crippen MR) is 83.2 cm³/mol. The fraction of sp³-hybridized carbons (Fsp3) is 1.00. The van der Waals surface area contributed by atoms with Gasteiger partial charge in [0, 0.05) is 58.9 Å². The number of epoxide rings is 3. The van der Waals surface area contributed by atoms with Crippen molar-refractivity contribution >= 4 is 0 Å². The van der Waals surface area contributed by atoms with Crippen LogP contribution in [0.5, 0.6) is 0 Å². The molecule has 0 N–H and O–H groups in total. The molecule has 4 aliphatic heterocycles. The largest absolute Gasteiger partial charge is 0.373 e. The van der Waals surface area contributed by atoms with E-state index < -0.39 is 0 Å². The minimum atomic E-state index is 0.495. The highest BCUT2D eigenvalue weighted by Gasteiger charge is 2.29. The van der Waals surface area contributed by atoms with Gasteiger partial charge in [-0.05, 0) is 6.42 Å². The number of hydrogen-bond donors (Lipinski definition) is 0. The summed E-state index contributed by atoms with van der Waals surface area (Å²) in [4.78, 5) is 7.79. The van der Waals surface area contributed by atoms with Gasteiger partial charge in [-0.25, -0.2) is 0 Å². The molecule has 0 aliphatic carbocycles. The Hall–Kier alpha value is -0.240. The van der Waals surface area contributed by atoms with E-state index in [4.69, 9.17) is 14.2 Å². The molecule has 22 heavy (non-hydrogen) atoms. The third-order valence-corrected chi connectivity index (χ3v) is 5.10. The molecule has 0 radical (unpaired) electrons. The molecule has 0 aromatic rings. The van der Waals surface area contributed by atoms with E-state index in [2.05, 4.69) is 14.7 Å². The van der Waals surface area contributed by atoms with Gasteiger partial charge in [0.25, 0.3) is 0 Å². The third-order valence-electron chi connectivity index (χ3n) is 5.10. The number of hydrogen-bond acceptors (Lipinski definition) is 6. The quantitative estimate of drug-likeness (QED) is 0.591. The molecule has 0 saturated carbocycles. The Balaban J connectivity index is 1.29. The lowest BCUT2D eigenvalue weighted by atomic mass is 10.3. The van der Waals surface area contributed by atoms with E-state index in [1.54, 1.807) is 0 Å². The van der Waals surface area contributed by atoms with Crippen LogP contribution in [0, 0.1) is 0 Å². The van der Waals surface area contributed by atoms with Gasteiger partial charge in [0.1, 0.15) is 0 Å². The summed E-state index contributed by atoms with van der Waals surface area (Å²) in [5.41, 5.74) is 0. The standard InChI is InChI=1S/C16H29N3O3/c1(14-11-20-14)2-17-3-5-18(9-15-12-21-15)7-8-19(6-4-17)10-16-13-22-16/h14-16H,1-13H2. The molecule has 6 heteroatoms. The number of nitrogens with zero attached hydrogens (tertiary/aromatic N) is 3. The molecule has 0 aromatic heterocycles. The van der Waals surface area contributed by atoms with Crippen LogP contribution in [0.2, 0.25) is 0 Å². The van der Waals surface area contributed by atoms with Crippen LogP contribution in [-0.2, 0) is 14.2 Å². The monoisotopic (exact) mass is 311 g/mol. The van der Waals surface area contributed by atoms with Crippen LogP contribution in [0.4, 0.5) is 0 Å². The first-order valence-electron chi connectivity index (χ1n) is 8.87. The van der Waals surface area contributed by atoms with Gasteiger partial charge in [-0.1, -0.05) is 0 Å². The smallest absolute Gasteiger partial charge is 0.0936 e. The van der Waals surface area contributed by atoms with Crippen LogP contribution < -0.4 is 0 Å². The molecule has 126 valence electrons. The number of rotatable bonds is 7. The fourth-order valence-corrected chi connectivity index (χ4v) is 3.26. The summed E-state index contributed by atoms with van der Waals surface area (Å²) < 4.78 is 16.2. The van der Waals surface area contributed by atoms with Crippen molar-refractivity contribution in [3.8, 4) is 0 Å². The molecule has 3 atom stereocenters. The summed E-state index contributed by atoms with van der Waals surface area (Å²) in [6.07, 6.45) is 2.72. The van der Waals surface area contributed by atoms with E-state index in [0.29, 0.717) is 18.3 Å². The Morgan fingerprint density at radius 1 is 0.591 bits per heavy atom. The van der Waals surface area contributed by atoms with Crippen molar-refractivity contribution in [2.24, 2.45) is 0 Å². The molecule has 4 fully saturated rings. The van der Waals surface area contributed by atoms with E-state index in [1.807, 2.05) is 0 Å². The summed E-state index contributed by atoms with van der Waals surface area (Å²) in [7, 11) is 0. The zero-order valence-corrected chi connectivity index (χ0v) is 13.5. The number of ether oxygens (including phenoxy) is 3. The van der Waals surface area contributed by atoms with Crippen molar-refractivity contribution in [3.63, 3.8) is 0 Å². The van der Waals surface area contributed by atoms with Gasteiger partial charge in [-0.15, -0.1) is 0 Å². The summed E-state index contributed by atoms with van der Waals surface area (Å²) in [5, 5.41) is 0. The van der Waals surface area contributed by atoms with Gasteiger partial charge in [-0.3, -0.25) is 9.80 Å². The van der Waals surface area contributed by atoms with Gasteiger partial charge in [0.2, 0.25) is 0 Å². The normalized spacial score (nSPS) is 37.4. The Morgan fingerprint density at radius 2 is 1.00 bits per heavy atom. The van der Waals surface area contributed by atoms with Crippen molar-refractivity contribution in [3.05, 3.63) is 0 Å². The van der Waals surface area contributed by atoms with E-state index >= 15 is 0 Å². The second-order valence-electron chi connectivity index (χ2n) is 7.10. The highest BCUT2D eigenvalue weighted by Crippen LogP contribution is 2.16. The van der Waals surface area contributed by atoms with E-state index in [-0.39, 0.29) is 0 Å². The first-order valence-corrected chi connectivity index (χ1v) is 8.87. The molecule has 6 nitrogen and oxygen atoms in total. The highest BCUT2D eigenvalue weighted by atomic mass is 16.6. The SMILES string of the molecule is C(CN1CCN(CC2CO2)CCN(CC2CO2)CC1)C1CO1. The molecular formula is C16H29N3O3. The van der Waals surface area contributed by atoms with E-state index in [0.717, 1.165) is 46.0 Å². The van der Waals surface area contributed by atoms with E-state index in [9.17, 15) is 0 Å². The van der Waals surface area contributed by atoms with Crippen molar-refractivity contribution in [2.75, 3.05) is 78.7 Å². The van der Waals surface area contributed by atoms with Crippen LogP contribution in [0.1, 0.15) is 6.42 Å².